The Labute approximate surface area is 223 Å². The number of hydrogen-bond acceptors (Lipinski definition) is 11. The maximum absolute atomic E-state index is 14.0. The Hall–Kier alpha value is -3.02. The van der Waals surface area contributed by atoms with Crippen molar-refractivity contribution in [2.45, 2.75) is 76.5 Å². The molecule has 7 rings (SSSR count). The van der Waals surface area contributed by atoms with Crippen LogP contribution < -0.4 is 0 Å². The van der Waals surface area contributed by atoms with Crippen molar-refractivity contribution in [3.63, 3.8) is 0 Å². The molecule has 4 aliphatic heterocycles. The first-order valence-corrected chi connectivity index (χ1v) is 13.2. The second-order valence-electron chi connectivity index (χ2n) is 12.8. The number of carbonyl (C=O) groups excluding carboxylic acids is 4. The Morgan fingerprint density at radius 2 is 1.59 bits per heavy atom. The lowest BCUT2D eigenvalue weighted by Crippen LogP contribution is -2.66. The van der Waals surface area contributed by atoms with E-state index >= 15 is 0 Å². The highest BCUT2D eigenvalue weighted by Gasteiger charge is 3.05. The minimum atomic E-state index is -2.35. The molecule has 39 heavy (non-hydrogen) atoms. The van der Waals surface area contributed by atoms with Crippen LogP contribution in [0, 0.1) is 34.0 Å². The third-order valence-corrected chi connectivity index (χ3v) is 10.6. The van der Waals surface area contributed by atoms with Gasteiger partial charge in [-0.25, -0.2) is 9.59 Å². The molecule has 2 aliphatic carbocycles. The van der Waals surface area contributed by atoms with E-state index in [-0.39, 0.29) is 5.56 Å². The minimum absolute atomic E-state index is 0.178. The summed E-state index contributed by atoms with van der Waals surface area (Å²) >= 11 is 0. The van der Waals surface area contributed by atoms with Gasteiger partial charge in [0.1, 0.15) is 11.5 Å². The number of aliphatic hydroxyl groups is 2. The van der Waals surface area contributed by atoms with Crippen molar-refractivity contribution in [3.05, 3.63) is 35.9 Å². The van der Waals surface area contributed by atoms with Crippen LogP contribution in [0.15, 0.2) is 30.3 Å². The number of carbonyl (C=O) groups is 4. The van der Waals surface area contributed by atoms with Crippen LogP contribution >= 0.6 is 0 Å². The van der Waals surface area contributed by atoms with Crippen LogP contribution in [0.3, 0.4) is 0 Å². The molecule has 4 heterocycles. The predicted molar refractivity (Wildman–Crippen MR) is 126 cm³/mol. The number of benzene rings is 1. The quantitative estimate of drug-likeness (QED) is 0.402. The molecule has 11 heteroatoms. The lowest BCUT2D eigenvalue weighted by atomic mass is 9.49. The van der Waals surface area contributed by atoms with Crippen molar-refractivity contribution in [1.29, 1.82) is 0 Å². The molecule has 12 atom stereocenters. The molecule has 0 radical (unpaired) electrons. The second kappa shape index (κ2) is 7.00. The third kappa shape index (κ3) is 2.22. The first kappa shape index (κ1) is 25.0. The lowest BCUT2D eigenvalue weighted by molar-refractivity contribution is -0.240. The van der Waals surface area contributed by atoms with Gasteiger partial charge in [-0.15, -0.1) is 0 Å². The Balaban J connectivity index is 1.56. The fourth-order valence-electron chi connectivity index (χ4n) is 9.49. The first-order valence-electron chi connectivity index (χ1n) is 13.2. The average Bonchev–Trinajstić information content (AvgIpc) is 3.57. The summed E-state index contributed by atoms with van der Waals surface area (Å²) in [7, 11) is 0. The van der Waals surface area contributed by atoms with Crippen molar-refractivity contribution in [1.82, 2.24) is 0 Å². The number of hydrogen-bond donors (Lipinski definition) is 2. The average molecular weight is 543 g/mol. The molecule has 2 N–H and O–H groups in total. The van der Waals surface area contributed by atoms with E-state index in [0.29, 0.717) is 0 Å². The molecule has 6 aliphatic rings. The summed E-state index contributed by atoms with van der Waals surface area (Å²) < 4.78 is 29.9. The zero-order valence-corrected chi connectivity index (χ0v) is 22.1. The minimum Gasteiger partial charge on any atom is -0.456 e. The highest BCUT2D eigenvalue weighted by atomic mass is 16.8. The molecule has 0 aromatic heterocycles. The van der Waals surface area contributed by atoms with Crippen LogP contribution in [-0.2, 0) is 38.1 Å². The molecule has 5 unspecified atom stereocenters. The molecule has 2 spiro atoms. The molecular weight excluding hydrogens is 512 g/mol. The number of fused-ring (bicyclic) bond motifs is 1. The Kier molecular flexibility index (Phi) is 4.48. The number of rotatable bonds is 2. The van der Waals surface area contributed by atoms with Gasteiger partial charge >= 0.3 is 23.9 Å². The molecule has 0 amide bonds. The normalized spacial score (nSPS) is 50.6. The second-order valence-corrected chi connectivity index (χ2v) is 12.8. The van der Waals surface area contributed by atoms with E-state index in [9.17, 15) is 29.4 Å². The van der Waals surface area contributed by atoms with Gasteiger partial charge in [-0.2, -0.15) is 0 Å². The molecule has 2 saturated carbocycles. The summed E-state index contributed by atoms with van der Waals surface area (Å²) in [4.78, 5) is 53.7. The van der Waals surface area contributed by atoms with Crippen LogP contribution in [0.4, 0.5) is 0 Å². The summed E-state index contributed by atoms with van der Waals surface area (Å²) in [6.45, 7) is 8.65. The summed E-state index contributed by atoms with van der Waals surface area (Å²) in [6, 6.07) is 8.08. The van der Waals surface area contributed by atoms with Crippen molar-refractivity contribution < 1.29 is 53.1 Å². The molecule has 1 aromatic rings. The van der Waals surface area contributed by atoms with Gasteiger partial charge in [-0.3, -0.25) is 9.59 Å². The zero-order chi connectivity index (χ0) is 28.1. The lowest BCUT2D eigenvalue weighted by Gasteiger charge is -2.48. The van der Waals surface area contributed by atoms with Crippen LogP contribution in [-0.4, -0.2) is 76.0 Å². The molecule has 208 valence electrons. The van der Waals surface area contributed by atoms with Crippen molar-refractivity contribution in [2.75, 3.05) is 0 Å². The number of aliphatic hydroxyl groups excluding tert-OH is 1. The van der Waals surface area contributed by atoms with E-state index in [4.69, 9.17) is 23.7 Å². The van der Waals surface area contributed by atoms with E-state index in [2.05, 4.69) is 0 Å². The molecule has 1 aromatic carbocycles. The standard InChI is InChI=1S/C28H30O11/c1-11-19(30)38-23-25(11)15(24(3,4)5)14(29)16-26(25)17(35-21(32)13-9-7-6-8-10-13)18-27(34,12(2)20(31)36-18)28(26,39-23)22(33)37-16/h6-12,14-18,23,29,34H,1-5H3/t11?,12-,14-,15+,16?,17+,18+,23?,25?,26?,27-,28+/m1/s1. The molecule has 4 saturated heterocycles. The topological polar surface area (TPSA) is 155 Å². The summed E-state index contributed by atoms with van der Waals surface area (Å²) in [5.74, 6) is -6.29. The van der Waals surface area contributed by atoms with Crippen LogP contribution in [0.2, 0.25) is 0 Å². The monoisotopic (exact) mass is 542 g/mol. The van der Waals surface area contributed by atoms with E-state index in [1.54, 1.807) is 25.1 Å². The van der Waals surface area contributed by atoms with Crippen LogP contribution in [0.1, 0.15) is 45.0 Å². The third-order valence-electron chi connectivity index (χ3n) is 10.6. The van der Waals surface area contributed by atoms with Crippen LogP contribution in [0.25, 0.3) is 0 Å². The van der Waals surface area contributed by atoms with Crippen molar-refractivity contribution in [3.8, 4) is 0 Å². The Bertz CT molecular complexity index is 1340. The van der Waals surface area contributed by atoms with Crippen molar-refractivity contribution >= 4 is 23.9 Å². The molecular formula is C28H30O11. The highest BCUT2D eigenvalue weighted by Crippen LogP contribution is 2.85. The van der Waals surface area contributed by atoms with Crippen LogP contribution in [0.5, 0.6) is 0 Å². The van der Waals surface area contributed by atoms with Gasteiger partial charge < -0.3 is 33.9 Å². The van der Waals surface area contributed by atoms with Gasteiger partial charge in [0.15, 0.2) is 17.8 Å². The summed E-state index contributed by atoms with van der Waals surface area (Å²) in [6.07, 6.45) is -7.14. The number of ether oxygens (including phenoxy) is 5. The van der Waals surface area contributed by atoms with Crippen molar-refractivity contribution in [2.24, 2.45) is 34.0 Å². The fourth-order valence-corrected chi connectivity index (χ4v) is 9.49. The van der Waals surface area contributed by atoms with Gasteiger partial charge in [-0.05, 0) is 24.5 Å². The van der Waals surface area contributed by atoms with E-state index < -0.39 is 99.8 Å². The molecule has 0 bridgehead atoms. The van der Waals surface area contributed by atoms with Gasteiger partial charge in [-0.1, -0.05) is 45.9 Å². The van der Waals surface area contributed by atoms with E-state index in [1.165, 1.54) is 19.1 Å². The SMILES string of the molecule is CC1C(=O)OC2O[C@@]34C(=O)OC5[C@H](O)[C@@H](C(C)(C)C)C21C53[C@@H](OC(=O)c1ccccc1)[C@@H]1OC(=O)[C@@H](C)[C@@]14O. The molecule has 6 fully saturated rings. The highest BCUT2D eigenvalue weighted by molar-refractivity contribution is 5.95. The summed E-state index contributed by atoms with van der Waals surface area (Å²) in [5.41, 5.74) is -8.54. The Morgan fingerprint density at radius 3 is 2.23 bits per heavy atom. The maximum atomic E-state index is 14.0. The Morgan fingerprint density at radius 1 is 0.949 bits per heavy atom. The largest absolute Gasteiger partial charge is 0.456 e. The van der Waals surface area contributed by atoms with Gasteiger partial charge in [0.05, 0.1) is 28.9 Å². The van der Waals surface area contributed by atoms with Gasteiger partial charge in [0.25, 0.3) is 0 Å². The maximum Gasteiger partial charge on any atom is 0.343 e. The fraction of sp³-hybridized carbons (Fsp3) is 0.643. The summed E-state index contributed by atoms with van der Waals surface area (Å²) in [5, 5.41) is 24.4. The smallest absolute Gasteiger partial charge is 0.343 e. The van der Waals surface area contributed by atoms with Gasteiger partial charge in [0, 0.05) is 5.92 Å². The van der Waals surface area contributed by atoms with E-state index in [0.717, 1.165) is 0 Å². The van der Waals surface area contributed by atoms with E-state index in [1.807, 2.05) is 20.8 Å². The molecule has 11 nitrogen and oxygen atoms in total. The zero-order valence-electron chi connectivity index (χ0n) is 22.1. The first-order chi connectivity index (χ1) is 18.2. The predicted octanol–water partition coefficient (Wildman–Crippen LogP) is 0.741. The van der Waals surface area contributed by atoms with Gasteiger partial charge in [0.2, 0.25) is 11.9 Å². The number of esters is 4.